The van der Waals surface area contributed by atoms with Crippen LogP contribution in [-0.4, -0.2) is 29.7 Å². The van der Waals surface area contributed by atoms with Gasteiger partial charge in [-0.1, -0.05) is 13.0 Å². The molecule has 1 aromatic heterocycles. The summed E-state index contributed by atoms with van der Waals surface area (Å²) in [6, 6.07) is 9.70. The van der Waals surface area contributed by atoms with Gasteiger partial charge in [-0.05, 0) is 69.2 Å². The van der Waals surface area contributed by atoms with Crippen molar-refractivity contribution in [3.63, 3.8) is 0 Å². The molecule has 0 radical (unpaired) electrons. The molecule has 2 aliphatic heterocycles. The lowest BCUT2D eigenvalue weighted by atomic mass is 9.58. The van der Waals surface area contributed by atoms with E-state index in [0.29, 0.717) is 18.1 Å². The second-order valence-corrected chi connectivity index (χ2v) is 8.82. The molecule has 1 saturated carbocycles. The molecule has 5 nitrogen and oxygen atoms in total. The van der Waals surface area contributed by atoms with Crippen LogP contribution in [-0.2, 0) is 10.2 Å². The number of carbonyl (C=O) groups excluding carboxylic acids is 1. The molecule has 1 spiro atoms. The lowest BCUT2D eigenvalue weighted by Crippen LogP contribution is -2.42. The van der Waals surface area contributed by atoms with Crippen LogP contribution in [0.4, 0.5) is 5.69 Å². The van der Waals surface area contributed by atoms with Crippen molar-refractivity contribution in [1.29, 1.82) is 0 Å². The molecule has 29 heavy (non-hydrogen) atoms. The van der Waals surface area contributed by atoms with E-state index in [1.807, 2.05) is 31.2 Å². The van der Waals surface area contributed by atoms with Crippen molar-refractivity contribution in [3.8, 4) is 5.75 Å². The summed E-state index contributed by atoms with van der Waals surface area (Å²) in [4.78, 5) is 17.1. The SMILES string of the molecule is CC[C@@]12CC[C@]3(CO3)C[C@@H]1CCOc1cc(C(=O)Nc3cccnc3C)ccc12. The molecular weight excluding hydrogens is 364 g/mol. The number of aromatic nitrogens is 1. The fourth-order valence-electron chi connectivity index (χ4n) is 5.47. The summed E-state index contributed by atoms with van der Waals surface area (Å²) in [5.74, 6) is 1.31. The number of ether oxygens (including phenoxy) is 2. The number of nitrogens with zero attached hydrogens (tertiary/aromatic N) is 1. The van der Waals surface area contributed by atoms with Gasteiger partial charge in [0, 0.05) is 22.7 Å². The summed E-state index contributed by atoms with van der Waals surface area (Å²) < 4.78 is 12.0. The largest absolute Gasteiger partial charge is 0.493 e. The van der Waals surface area contributed by atoms with Gasteiger partial charge in [-0.25, -0.2) is 0 Å². The van der Waals surface area contributed by atoms with Crippen molar-refractivity contribution in [1.82, 2.24) is 4.98 Å². The van der Waals surface area contributed by atoms with Gasteiger partial charge in [0.2, 0.25) is 0 Å². The zero-order valence-corrected chi connectivity index (χ0v) is 17.2. The summed E-state index contributed by atoms with van der Waals surface area (Å²) in [5.41, 5.74) is 3.70. The quantitative estimate of drug-likeness (QED) is 0.773. The van der Waals surface area contributed by atoms with E-state index in [-0.39, 0.29) is 16.9 Å². The molecule has 2 aromatic rings. The normalized spacial score (nSPS) is 29.9. The van der Waals surface area contributed by atoms with E-state index in [1.54, 1.807) is 6.20 Å². The molecule has 5 rings (SSSR count). The van der Waals surface area contributed by atoms with Crippen molar-refractivity contribution in [2.24, 2.45) is 5.92 Å². The Hall–Kier alpha value is -2.40. The smallest absolute Gasteiger partial charge is 0.255 e. The Bertz CT molecular complexity index is 953. The predicted octanol–water partition coefficient (Wildman–Crippen LogP) is 4.64. The number of benzene rings is 1. The second-order valence-electron chi connectivity index (χ2n) is 8.82. The third-order valence-corrected chi connectivity index (χ3v) is 7.37. The Morgan fingerprint density at radius 3 is 2.93 bits per heavy atom. The zero-order chi connectivity index (χ0) is 20.1. The summed E-state index contributed by atoms with van der Waals surface area (Å²) in [5, 5.41) is 2.97. The molecule has 3 atom stereocenters. The number of pyridine rings is 1. The number of amides is 1. The van der Waals surface area contributed by atoms with E-state index < -0.39 is 0 Å². The van der Waals surface area contributed by atoms with Crippen molar-refractivity contribution < 1.29 is 14.3 Å². The fraction of sp³-hybridized carbons (Fsp3) is 0.500. The Kier molecular flexibility index (Phi) is 4.39. The van der Waals surface area contributed by atoms with E-state index in [2.05, 4.69) is 23.3 Å². The van der Waals surface area contributed by atoms with E-state index >= 15 is 0 Å². The van der Waals surface area contributed by atoms with E-state index in [9.17, 15) is 4.79 Å². The van der Waals surface area contributed by atoms with Crippen LogP contribution in [0, 0.1) is 12.8 Å². The van der Waals surface area contributed by atoms with Gasteiger partial charge in [-0.2, -0.15) is 0 Å². The zero-order valence-electron chi connectivity index (χ0n) is 17.2. The number of carbonyl (C=O) groups is 1. The van der Waals surface area contributed by atoms with Crippen LogP contribution in [0.15, 0.2) is 36.5 Å². The topological polar surface area (TPSA) is 63.8 Å². The highest BCUT2D eigenvalue weighted by molar-refractivity contribution is 6.04. The molecule has 1 N–H and O–H groups in total. The maximum atomic E-state index is 12.9. The van der Waals surface area contributed by atoms with Gasteiger partial charge in [-0.3, -0.25) is 9.78 Å². The molecule has 0 bridgehead atoms. The second kappa shape index (κ2) is 6.84. The van der Waals surface area contributed by atoms with Crippen LogP contribution in [0.25, 0.3) is 0 Å². The maximum absolute atomic E-state index is 12.9. The van der Waals surface area contributed by atoms with Crippen molar-refractivity contribution in [2.45, 2.75) is 57.0 Å². The van der Waals surface area contributed by atoms with Crippen molar-refractivity contribution >= 4 is 11.6 Å². The maximum Gasteiger partial charge on any atom is 0.255 e. The molecule has 1 saturated heterocycles. The molecule has 2 fully saturated rings. The summed E-state index contributed by atoms with van der Waals surface area (Å²) >= 11 is 0. The van der Waals surface area contributed by atoms with Gasteiger partial charge in [0.15, 0.2) is 0 Å². The van der Waals surface area contributed by atoms with Crippen LogP contribution in [0.1, 0.15) is 60.6 Å². The minimum atomic E-state index is -0.132. The molecule has 1 aromatic carbocycles. The highest BCUT2D eigenvalue weighted by Gasteiger charge is 2.56. The first kappa shape index (κ1) is 18.6. The Morgan fingerprint density at radius 1 is 1.31 bits per heavy atom. The molecule has 1 aliphatic carbocycles. The molecule has 3 aliphatic rings. The number of epoxide rings is 1. The third-order valence-electron chi connectivity index (χ3n) is 7.37. The highest BCUT2D eigenvalue weighted by atomic mass is 16.6. The summed E-state index contributed by atoms with van der Waals surface area (Å²) in [6.45, 7) is 5.80. The average molecular weight is 392 g/mol. The van der Waals surface area contributed by atoms with Gasteiger partial charge in [0.1, 0.15) is 5.75 Å². The number of hydrogen-bond donors (Lipinski definition) is 1. The van der Waals surface area contributed by atoms with Gasteiger partial charge >= 0.3 is 0 Å². The minimum absolute atomic E-state index is 0.123. The number of anilines is 1. The number of fused-ring (bicyclic) bond motifs is 3. The molecule has 152 valence electrons. The summed E-state index contributed by atoms with van der Waals surface area (Å²) in [6.07, 6.45) is 7.24. The van der Waals surface area contributed by atoms with Crippen LogP contribution < -0.4 is 10.1 Å². The Labute approximate surface area is 171 Å². The van der Waals surface area contributed by atoms with Gasteiger partial charge < -0.3 is 14.8 Å². The highest BCUT2D eigenvalue weighted by Crippen LogP contribution is 2.57. The van der Waals surface area contributed by atoms with Crippen molar-refractivity contribution in [3.05, 3.63) is 53.3 Å². The molecular formula is C24H28N2O3. The predicted molar refractivity (Wildman–Crippen MR) is 111 cm³/mol. The number of rotatable bonds is 3. The number of nitrogens with one attached hydrogen (secondary N) is 1. The molecule has 0 unspecified atom stereocenters. The number of hydrogen-bond acceptors (Lipinski definition) is 4. The first-order valence-corrected chi connectivity index (χ1v) is 10.7. The lowest BCUT2D eigenvalue weighted by Gasteiger charge is -2.45. The molecule has 3 heterocycles. The lowest BCUT2D eigenvalue weighted by molar-refractivity contribution is 0.0950. The van der Waals surface area contributed by atoms with Crippen LogP contribution in [0.5, 0.6) is 5.75 Å². The van der Waals surface area contributed by atoms with Gasteiger partial charge in [0.05, 0.1) is 30.2 Å². The Morgan fingerprint density at radius 2 is 2.17 bits per heavy atom. The standard InChI is InChI=1S/C24H28N2O3/c1-3-24-10-9-23(15-29-23)14-18(24)8-12-28-21-13-17(6-7-19(21)24)22(27)26-20-5-4-11-25-16(20)2/h4-7,11,13,18H,3,8-10,12,14-15H2,1-2H3,(H,26,27)/t18-,23+,24+/m0/s1. The van der Waals surface area contributed by atoms with E-state index in [1.165, 1.54) is 5.56 Å². The van der Waals surface area contributed by atoms with Gasteiger partial charge in [0.25, 0.3) is 5.91 Å². The van der Waals surface area contributed by atoms with Gasteiger partial charge in [-0.15, -0.1) is 0 Å². The molecule has 1 amide bonds. The van der Waals surface area contributed by atoms with Crippen LogP contribution in [0.2, 0.25) is 0 Å². The third kappa shape index (κ3) is 3.12. The van der Waals surface area contributed by atoms with Crippen molar-refractivity contribution in [2.75, 3.05) is 18.5 Å². The first-order valence-electron chi connectivity index (χ1n) is 10.7. The number of aryl methyl sites for hydroxylation is 1. The first-order chi connectivity index (χ1) is 14.1. The van der Waals surface area contributed by atoms with E-state index in [0.717, 1.165) is 55.8 Å². The summed E-state index contributed by atoms with van der Waals surface area (Å²) in [7, 11) is 0. The minimum Gasteiger partial charge on any atom is -0.493 e. The van der Waals surface area contributed by atoms with E-state index in [4.69, 9.17) is 9.47 Å². The fourth-order valence-corrected chi connectivity index (χ4v) is 5.47. The molecule has 5 heteroatoms. The van der Waals surface area contributed by atoms with Crippen LogP contribution in [0.3, 0.4) is 0 Å². The Balaban J connectivity index is 1.46. The van der Waals surface area contributed by atoms with Crippen LogP contribution >= 0.6 is 0 Å². The average Bonchev–Trinajstić information content (AvgIpc) is 3.51. The monoisotopic (exact) mass is 392 g/mol.